The number of hydrogen-bond acceptors (Lipinski definition) is 2. The fourth-order valence-corrected chi connectivity index (χ4v) is 1.48. The van der Waals surface area contributed by atoms with Crippen LogP contribution in [0.4, 0.5) is 8.78 Å². The average molecular weight is 250 g/mol. The van der Waals surface area contributed by atoms with Crippen LogP contribution in [-0.2, 0) is 6.11 Å². The Hall–Kier alpha value is -2.10. The van der Waals surface area contributed by atoms with E-state index >= 15 is 0 Å². The lowest BCUT2D eigenvalue weighted by molar-refractivity contribution is -0.185. The summed E-state index contributed by atoms with van der Waals surface area (Å²) in [5, 5.41) is 0. The SMILES string of the molecule is COc1ccc(OC(F)(F)c2ccccc2)cc1. The Morgan fingerprint density at radius 3 is 1.94 bits per heavy atom. The van der Waals surface area contributed by atoms with Crippen molar-refractivity contribution in [2.75, 3.05) is 7.11 Å². The van der Waals surface area contributed by atoms with Gasteiger partial charge < -0.3 is 9.47 Å². The van der Waals surface area contributed by atoms with Gasteiger partial charge in [0.15, 0.2) is 0 Å². The number of benzene rings is 2. The third-order valence-corrected chi connectivity index (χ3v) is 2.42. The van der Waals surface area contributed by atoms with Crippen molar-refractivity contribution in [2.45, 2.75) is 6.11 Å². The molecular formula is C14H12F2O2. The molecule has 0 spiro atoms. The highest BCUT2D eigenvalue weighted by Gasteiger charge is 2.34. The molecule has 2 rings (SSSR count). The predicted molar refractivity (Wildman–Crippen MR) is 64.0 cm³/mol. The van der Waals surface area contributed by atoms with Crippen molar-refractivity contribution in [1.82, 2.24) is 0 Å². The molecule has 0 amide bonds. The van der Waals surface area contributed by atoms with E-state index < -0.39 is 6.11 Å². The zero-order chi connectivity index (χ0) is 13.0. The van der Waals surface area contributed by atoms with Gasteiger partial charge in [0.25, 0.3) is 0 Å². The maximum atomic E-state index is 13.8. The number of methoxy groups -OCH3 is 1. The lowest BCUT2D eigenvalue weighted by Gasteiger charge is -2.18. The van der Waals surface area contributed by atoms with Crippen LogP contribution in [-0.4, -0.2) is 7.11 Å². The molecule has 0 saturated heterocycles. The van der Waals surface area contributed by atoms with E-state index in [1.807, 2.05) is 0 Å². The van der Waals surface area contributed by atoms with Crippen LogP contribution in [0.3, 0.4) is 0 Å². The first-order chi connectivity index (χ1) is 8.62. The molecule has 0 bridgehead atoms. The topological polar surface area (TPSA) is 18.5 Å². The summed E-state index contributed by atoms with van der Waals surface area (Å²) in [5.41, 5.74) is -0.180. The minimum atomic E-state index is -3.35. The first-order valence-electron chi connectivity index (χ1n) is 5.38. The quantitative estimate of drug-likeness (QED) is 0.821. The van der Waals surface area contributed by atoms with Crippen molar-refractivity contribution < 1.29 is 18.3 Å². The van der Waals surface area contributed by atoms with Crippen molar-refractivity contribution in [3.8, 4) is 11.5 Å². The van der Waals surface area contributed by atoms with Crippen molar-refractivity contribution in [3.05, 3.63) is 60.2 Å². The van der Waals surface area contributed by atoms with Gasteiger partial charge >= 0.3 is 6.11 Å². The van der Waals surface area contributed by atoms with E-state index in [0.29, 0.717) is 5.75 Å². The molecule has 2 aromatic rings. The molecule has 2 nitrogen and oxygen atoms in total. The highest BCUT2D eigenvalue weighted by atomic mass is 19.3. The van der Waals surface area contributed by atoms with Gasteiger partial charge in [-0.1, -0.05) is 18.2 Å². The Morgan fingerprint density at radius 1 is 0.833 bits per heavy atom. The van der Waals surface area contributed by atoms with Crippen LogP contribution in [0.25, 0.3) is 0 Å². The third-order valence-electron chi connectivity index (χ3n) is 2.42. The Bertz CT molecular complexity index is 495. The van der Waals surface area contributed by atoms with Crippen molar-refractivity contribution in [1.29, 1.82) is 0 Å². The monoisotopic (exact) mass is 250 g/mol. The van der Waals surface area contributed by atoms with Gasteiger partial charge in [0.2, 0.25) is 0 Å². The standard InChI is InChI=1S/C14H12F2O2/c1-17-12-7-9-13(10-8-12)18-14(15,16)11-5-3-2-4-6-11/h2-10H,1H3. The molecule has 0 aliphatic rings. The highest BCUT2D eigenvalue weighted by Crippen LogP contribution is 2.31. The fourth-order valence-electron chi connectivity index (χ4n) is 1.48. The van der Waals surface area contributed by atoms with Gasteiger partial charge in [-0.15, -0.1) is 0 Å². The molecule has 94 valence electrons. The maximum Gasteiger partial charge on any atom is 0.426 e. The summed E-state index contributed by atoms with van der Waals surface area (Å²) >= 11 is 0. The van der Waals surface area contributed by atoms with Crippen molar-refractivity contribution >= 4 is 0 Å². The second-order valence-electron chi connectivity index (χ2n) is 3.66. The van der Waals surface area contributed by atoms with Crippen LogP contribution in [0.5, 0.6) is 11.5 Å². The second-order valence-corrected chi connectivity index (χ2v) is 3.66. The first kappa shape index (κ1) is 12.4. The molecule has 0 aliphatic carbocycles. The zero-order valence-corrected chi connectivity index (χ0v) is 9.77. The molecular weight excluding hydrogens is 238 g/mol. The first-order valence-corrected chi connectivity index (χ1v) is 5.38. The van der Waals surface area contributed by atoms with Crippen LogP contribution in [0.1, 0.15) is 5.56 Å². The second kappa shape index (κ2) is 5.04. The van der Waals surface area contributed by atoms with E-state index in [1.165, 1.54) is 31.4 Å². The average Bonchev–Trinajstić information content (AvgIpc) is 2.40. The molecule has 0 fully saturated rings. The molecule has 0 N–H and O–H groups in total. The third kappa shape index (κ3) is 2.77. The number of rotatable bonds is 4. The number of hydrogen-bond donors (Lipinski definition) is 0. The largest absolute Gasteiger partial charge is 0.497 e. The van der Waals surface area contributed by atoms with E-state index in [4.69, 9.17) is 9.47 Å². The number of halogens is 2. The molecule has 18 heavy (non-hydrogen) atoms. The highest BCUT2D eigenvalue weighted by molar-refractivity contribution is 5.32. The van der Waals surface area contributed by atoms with Crippen LogP contribution >= 0.6 is 0 Å². The van der Waals surface area contributed by atoms with Gasteiger partial charge in [0, 0.05) is 0 Å². The van der Waals surface area contributed by atoms with Gasteiger partial charge in [0.05, 0.1) is 12.7 Å². The molecule has 0 radical (unpaired) electrons. The van der Waals surface area contributed by atoms with E-state index in [-0.39, 0.29) is 11.3 Å². The summed E-state index contributed by atoms with van der Waals surface area (Å²) in [4.78, 5) is 0. The Labute approximate surface area is 104 Å². The summed E-state index contributed by atoms with van der Waals surface area (Å²) in [5.74, 6) is 0.676. The molecule has 4 heteroatoms. The van der Waals surface area contributed by atoms with Crippen LogP contribution in [0.15, 0.2) is 54.6 Å². The van der Waals surface area contributed by atoms with Crippen molar-refractivity contribution in [3.63, 3.8) is 0 Å². The predicted octanol–water partition coefficient (Wildman–Crippen LogP) is 3.82. The number of alkyl halides is 2. The summed E-state index contributed by atoms with van der Waals surface area (Å²) < 4.78 is 37.2. The molecule has 0 aromatic heterocycles. The van der Waals surface area contributed by atoms with E-state index in [2.05, 4.69) is 0 Å². The molecule has 0 aliphatic heterocycles. The number of ether oxygens (including phenoxy) is 2. The lowest BCUT2D eigenvalue weighted by Crippen LogP contribution is -2.21. The minimum Gasteiger partial charge on any atom is -0.497 e. The summed E-state index contributed by atoms with van der Waals surface area (Å²) in [7, 11) is 1.51. The molecule has 2 aromatic carbocycles. The summed E-state index contributed by atoms with van der Waals surface area (Å²) in [6.45, 7) is 0. The lowest BCUT2D eigenvalue weighted by atomic mass is 10.2. The van der Waals surface area contributed by atoms with E-state index in [1.54, 1.807) is 30.3 Å². The normalized spacial score (nSPS) is 11.1. The van der Waals surface area contributed by atoms with Crippen LogP contribution in [0, 0.1) is 0 Å². The smallest absolute Gasteiger partial charge is 0.426 e. The zero-order valence-electron chi connectivity index (χ0n) is 9.77. The van der Waals surface area contributed by atoms with Crippen LogP contribution in [0.2, 0.25) is 0 Å². The van der Waals surface area contributed by atoms with Crippen LogP contribution < -0.4 is 9.47 Å². The Balaban J connectivity index is 2.16. The van der Waals surface area contributed by atoms with Gasteiger partial charge in [-0.3, -0.25) is 0 Å². The fraction of sp³-hybridized carbons (Fsp3) is 0.143. The molecule has 0 unspecified atom stereocenters. The molecule has 0 saturated carbocycles. The van der Waals surface area contributed by atoms with E-state index in [0.717, 1.165) is 0 Å². The van der Waals surface area contributed by atoms with Gasteiger partial charge in [0.1, 0.15) is 11.5 Å². The maximum absolute atomic E-state index is 13.8. The summed E-state index contributed by atoms with van der Waals surface area (Å²) in [6, 6.07) is 13.4. The van der Waals surface area contributed by atoms with Gasteiger partial charge in [-0.05, 0) is 36.4 Å². The van der Waals surface area contributed by atoms with Gasteiger partial charge in [-0.25, -0.2) is 0 Å². The molecule has 0 atom stereocenters. The Morgan fingerprint density at radius 2 is 1.39 bits per heavy atom. The molecule has 0 heterocycles. The summed E-state index contributed by atoms with van der Waals surface area (Å²) in [6.07, 6.45) is -3.35. The minimum absolute atomic E-state index is 0.0876. The van der Waals surface area contributed by atoms with E-state index in [9.17, 15) is 8.78 Å². The van der Waals surface area contributed by atoms with Crippen molar-refractivity contribution in [2.24, 2.45) is 0 Å². The Kier molecular flexibility index (Phi) is 3.46. The van der Waals surface area contributed by atoms with Gasteiger partial charge in [-0.2, -0.15) is 8.78 Å².